The smallest absolute Gasteiger partial charge is 0.244 e. The standard InChI is InChI=1S/C19H18ClN3O2/c1-14-5-7-15(8-6-14)25-13-11-21-18(24)10-9-16-19(20)22-17-4-2-3-12-23(16)17/h2-10,12H,11,13H2,1H3,(H,21,24)/b10-9+. The number of fused-ring (bicyclic) bond motifs is 1. The fourth-order valence-corrected chi connectivity index (χ4v) is 2.57. The lowest BCUT2D eigenvalue weighted by molar-refractivity contribution is -0.116. The van der Waals surface area contributed by atoms with Crippen molar-refractivity contribution in [3.63, 3.8) is 0 Å². The molecule has 25 heavy (non-hydrogen) atoms. The first-order valence-corrected chi connectivity index (χ1v) is 8.29. The van der Waals surface area contributed by atoms with Crippen LogP contribution in [0.3, 0.4) is 0 Å². The van der Waals surface area contributed by atoms with Gasteiger partial charge in [-0.2, -0.15) is 0 Å². The van der Waals surface area contributed by atoms with Crippen molar-refractivity contribution in [2.45, 2.75) is 6.92 Å². The van der Waals surface area contributed by atoms with Gasteiger partial charge in [0.2, 0.25) is 5.91 Å². The number of rotatable bonds is 6. The lowest BCUT2D eigenvalue weighted by Gasteiger charge is -2.06. The molecule has 0 atom stereocenters. The zero-order chi connectivity index (χ0) is 17.6. The summed E-state index contributed by atoms with van der Waals surface area (Å²) in [6.45, 7) is 2.84. The molecule has 0 aliphatic heterocycles. The molecule has 2 aromatic heterocycles. The quantitative estimate of drug-likeness (QED) is 0.544. The van der Waals surface area contributed by atoms with E-state index in [-0.39, 0.29) is 5.91 Å². The van der Waals surface area contributed by atoms with Gasteiger partial charge < -0.3 is 10.1 Å². The molecule has 3 aromatic rings. The molecule has 1 N–H and O–H groups in total. The van der Waals surface area contributed by atoms with Crippen LogP contribution in [-0.4, -0.2) is 28.4 Å². The van der Waals surface area contributed by atoms with Crippen LogP contribution in [0.4, 0.5) is 0 Å². The number of hydrogen-bond acceptors (Lipinski definition) is 3. The SMILES string of the molecule is Cc1ccc(OCCNC(=O)/C=C/c2c(Cl)nc3ccccn23)cc1. The fraction of sp³-hybridized carbons (Fsp3) is 0.158. The van der Waals surface area contributed by atoms with E-state index < -0.39 is 0 Å². The Morgan fingerprint density at radius 3 is 2.88 bits per heavy atom. The van der Waals surface area contributed by atoms with Gasteiger partial charge in [0.15, 0.2) is 5.15 Å². The van der Waals surface area contributed by atoms with E-state index >= 15 is 0 Å². The summed E-state index contributed by atoms with van der Waals surface area (Å²) in [7, 11) is 0. The third kappa shape index (κ3) is 4.39. The average Bonchev–Trinajstić information content (AvgIpc) is 2.93. The van der Waals surface area contributed by atoms with Crippen molar-refractivity contribution in [3.8, 4) is 5.75 Å². The average molecular weight is 356 g/mol. The summed E-state index contributed by atoms with van der Waals surface area (Å²) in [6.07, 6.45) is 4.94. The number of nitrogens with one attached hydrogen (secondary N) is 1. The third-order valence-electron chi connectivity index (χ3n) is 3.61. The first-order chi connectivity index (χ1) is 12.1. The van der Waals surface area contributed by atoms with Crippen molar-refractivity contribution in [1.82, 2.24) is 14.7 Å². The summed E-state index contributed by atoms with van der Waals surface area (Å²) in [6, 6.07) is 13.4. The van der Waals surface area contributed by atoms with Gasteiger partial charge in [-0.05, 0) is 37.3 Å². The number of nitrogens with zero attached hydrogens (tertiary/aromatic N) is 2. The van der Waals surface area contributed by atoms with Crippen molar-refractivity contribution in [2.24, 2.45) is 0 Å². The van der Waals surface area contributed by atoms with Gasteiger partial charge in [0.25, 0.3) is 0 Å². The number of carbonyl (C=O) groups excluding carboxylic acids is 1. The lowest BCUT2D eigenvalue weighted by Crippen LogP contribution is -2.26. The molecule has 0 unspecified atom stereocenters. The van der Waals surface area contributed by atoms with Crippen molar-refractivity contribution < 1.29 is 9.53 Å². The molecule has 5 nitrogen and oxygen atoms in total. The van der Waals surface area contributed by atoms with E-state index in [1.165, 1.54) is 11.6 Å². The molecule has 0 saturated carbocycles. The van der Waals surface area contributed by atoms with Crippen LogP contribution < -0.4 is 10.1 Å². The summed E-state index contributed by atoms with van der Waals surface area (Å²) < 4.78 is 7.39. The van der Waals surface area contributed by atoms with Gasteiger partial charge in [-0.15, -0.1) is 0 Å². The molecule has 0 spiro atoms. The predicted octanol–water partition coefficient (Wildman–Crippen LogP) is 3.50. The van der Waals surface area contributed by atoms with Gasteiger partial charge in [0, 0.05) is 12.3 Å². The molecule has 128 valence electrons. The Morgan fingerprint density at radius 2 is 2.08 bits per heavy atom. The highest BCUT2D eigenvalue weighted by Crippen LogP contribution is 2.18. The summed E-state index contributed by atoms with van der Waals surface area (Å²) in [5, 5.41) is 3.13. The number of ether oxygens (including phenoxy) is 1. The van der Waals surface area contributed by atoms with Gasteiger partial charge in [-0.1, -0.05) is 35.4 Å². The Bertz CT molecular complexity index is 901. The molecule has 1 amide bonds. The highest BCUT2D eigenvalue weighted by Gasteiger charge is 2.07. The molecule has 0 fully saturated rings. The Labute approximate surface area is 150 Å². The number of benzene rings is 1. The lowest BCUT2D eigenvalue weighted by atomic mass is 10.2. The number of aryl methyl sites for hydroxylation is 1. The normalized spacial score (nSPS) is 11.1. The van der Waals surface area contributed by atoms with E-state index in [2.05, 4.69) is 10.3 Å². The summed E-state index contributed by atoms with van der Waals surface area (Å²) in [5.74, 6) is 0.572. The number of amides is 1. The van der Waals surface area contributed by atoms with Gasteiger partial charge >= 0.3 is 0 Å². The second-order valence-corrected chi connectivity index (χ2v) is 5.86. The topological polar surface area (TPSA) is 55.6 Å². The molecule has 1 aromatic carbocycles. The Kier molecular flexibility index (Phi) is 5.36. The molecule has 2 heterocycles. The summed E-state index contributed by atoms with van der Waals surface area (Å²) in [4.78, 5) is 16.1. The van der Waals surface area contributed by atoms with Crippen LogP contribution in [-0.2, 0) is 4.79 Å². The van der Waals surface area contributed by atoms with Gasteiger partial charge in [-0.25, -0.2) is 4.98 Å². The Balaban J connectivity index is 1.51. The van der Waals surface area contributed by atoms with E-state index in [9.17, 15) is 4.79 Å². The van der Waals surface area contributed by atoms with Crippen molar-refractivity contribution >= 4 is 29.2 Å². The largest absolute Gasteiger partial charge is 0.492 e. The van der Waals surface area contributed by atoms with E-state index in [0.29, 0.717) is 24.0 Å². The minimum Gasteiger partial charge on any atom is -0.492 e. The number of pyridine rings is 1. The minimum absolute atomic E-state index is 0.213. The number of carbonyl (C=O) groups is 1. The summed E-state index contributed by atoms with van der Waals surface area (Å²) in [5.41, 5.74) is 2.58. The van der Waals surface area contributed by atoms with E-state index in [1.807, 2.05) is 60.0 Å². The minimum atomic E-state index is -0.213. The third-order valence-corrected chi connectivity index (χ3v) is 3.88. The van der Waals surface area contributed by atoms with Crippen LogP contribution in [0.2, 0.25) is 5.15 Å². The molecular formula is C19H18ClN3O2. The maximum atomic E-state index is 11.9. The number of imidazole rings is 1. The van der Waals surface area contributed by atoms with Crippen molar-refractivity contribution in [1.29, 1.82) is 0 Å². The molecule has 0 bridgehead atoms. The van der Waals surface area contributed by atoms with Crippen LogP contribution in [0.5, 0.6) is 5.75 Å². The zero-order valence-corrected chi connectivity index (χ0v) is 14.5. The van der Waals surface area contributed by atoms with Gasteiger partial charge in [-0.3, -0.25) is 9.20 Å². The molecule has 0 aliphatic rings. The highest BCUT2D eigenvalue weighted by atomic mass is 35.5. The van der Waals surface area contributed by atoms with E-state index in [0.717, 1.165) is 11.4 Å². The van der Waals surface area contributed by atoms with Crippen LogP contribution in [0.1, 0.15) is 11.3 Å². The van der Waals surface area contributed by atoms with Crippen LogP contribution in [0, 0.1) is 6.92 Å². The second-order valence-electron chi connectivity index (χ2n) is 5.50. The highest BCUT2D eigenvalue weighted by molar-refractivity contribution is 6.31. The van der Waals surface area contributed by atoms with Crippen molar-refractivity contribution in [3.05, 3.63) is 71.1 Å². The number of halogens is 1. The molecule has 0 saturated heterocycles. The predicted molar refractivity (Wildman–Crippen MR) is 98.9 cm³/mol. The maximum absolute atomic E-state index is 11.9. The number of aromatic nitrogens is 2. The van der Waals surface area contributed by atoms with Crippen LogP contribution in [0.15, 0.2) is 54.7 Å². The summed E-state index contributed by atoms with van der Waals surface area (Å²) >= 11 is 6.12. The van der Waals surface area contributed by atoms with Crippen molar-refractivity contribution in [2.75, 3.05) is 13.2 Å². The molecule has 0 radical (unpaired) electrons. The van der Waals surface area contributed by atoms with Crippen LogP contribution >= 0.6 is 11.6 Å². The monoisotopic (exact) mass is 355 g/mol. The van der Waals surface area contributed by atoms with Crippen LogP contribution in [0.25, 0.3) is 11.7 Å². The molecule has 0 aliphatic carbocycles. The van der Waals surface area contributed by atoms with Gasteiger partial charge in [0.05, 0.1) is 12.2 Å². The van der Waals surface area contributed by atoms with Gasteiger partial charge in [0.1, 0.15) is 18.0 Å². The fourth-order valence-electron chi connectivity index (χ4n) is 2.33. The molecule has 3 rings (SSSR count). The van der Waals surface area contributed by atoms with E-state index in [1.54, 1.807) is 6.08 Å². The van der Waals surface area contributed by atoms with E-state index in [4.69, 9.17) is 16.3 Å². The second kappa shape index (κ2) is 7.85. The molecule has 6 heteroatoms. The molecular weight excluding hydrogens is 338 g/mol. The Morgan fingerprint density at radius 1 is 1.28 bits per heavy atom. The Hall–Kier alpha value is -2.79. The number of hydrogen-bond donors (Lipinski definition) is 1. The zero-order valence-electron chi connectivity index (χ0n) is 13.8. The first kappa shape index (κ1) is 17.0. The first-order valence-electron chi connectivity index (χ1n) is 7.91. The maximum Gasteiger partial charge on any atom is 0.244 e.